The van der Waals surface area contributed by atoms with Gasteiger partial charge in [0.15, 0.2) is 0 Å². The van der Waals surface area contributed by atoms with Crippen LogP contribution in [0.4, 0.5) is 10.7 Å². The molecule has 0 unspecified atom stereocenters. The lowest BCUT2D eigenvalue weighted by Crippen LogP contribution is -2.11. The maximum absolute atomic E-state index is 12.3. The fraction of sp³-hybridized carbons (Fsp3) is 0.0556. The lowest BCUT2D eigenvalue weighted by molar-refractivity contribution is 0.104. The van der Waals surface area contributed by atoms with Gasteiger partial charge in [-0.3, -0.25) is 10.1 Å². The van der Waals surface area contributed by atoms with E-state index in [4.69, 9.17) is 0 Å². The maximum atomic E-state index is 12.3. The van der Waals surface area contributed by atoms with E-state index in [1.807, 2.05) is 34.3 Å². The average molecular weight is 385 g/mol. The third-order valence-electron chi connectivity index (χ3n) is 3.32. The van der Waals surface area contributed by atoms with Gasteiger partial charge in [-0.15, -0.1) is 11.3 Å². The zero-order chi connectivity index (χ0) is 18.4. The number of nitrogens with zero attached hydrogens (tertiary/aromatic N) is 1. The summed E-state index contributed by atoms with van der Waals surface area (Å²) in [4.78, 5) is 31.2. The van der Waals surface area contributed by atoms with E-state index in [0.717, 1.165) is 0 Å². The molecule has 4 rings (SSSR count). The Morgan fingerprint density at radius 3 is 2.54 bits per heavy atom. The second kappa shape index (κ2) is 8.41. The Morgan fingerprint density at radius 2 is 1.92 bits per heavy atom. The first kappa shape index (κ1) is 17.8. The van der Waals surface area contributed by atoms with Crippen LogP contribution in [0.2, 0.25) is 0 Å². The van der Waals surface area contributed by atoms with Gasteiger partial charge in [0.1, 0.15) is 0 Å². The summed E-state index contributed by atoms with van der Waals surface area (Å²) in [6.07, 6.45) is -0.607. The average Bonchev–Trinajstić information content (AvgIpc) is 3.43. The Bertz CT molecular complexity index is 975. The van der Waals surface area contributed by atoms with Crippen LogP contribution < -0.4 is 5.32 Å². The highest BCUT2D eigenvalue weighted by Crippen LogP contribution is 2.20. The highest BCUT2D eigenvalue weighted by molar-refractivity contribution is 7.12. The predicted octanol–water partition coefficient (Wildman–Crippen LogP) is 4.78. The van der Waals surface area contributed by atoms with Crippen molar-refractivity contribution in [1.82, 2.24) is 9.97 Å². The predicted molar refractivity (Wildman–Crippen MR) is 104 cm³/mol. The second-order valence-corrected chi connectivity index (χ2v) is 6.80. The molecule has 0 aliphatic rings. The molecular weight excluding hydrogens is 370 g/mol. The van der Waals surface area contributed by atoms with E-state index in [1.54, 1.807) is 35.6 Å². The fourth-order valence-electron chi connectivity index (χ4n) is 2.13. The summed E-state index contributed by atoms with van der Waals surface area (Å²) in [5.41, 5.74) is 1.89. The van der Waals surface area contributed by atoms with Gasteiger partial charge >= 0.3 is 6.09 Å². The minimum absolute atomic E-state index is 0.0380. The molecule has 0 fully saturated rings. The van der Waals surface area contributed by atoms with Gasteiger partial charge in [-0.1, -0.05) is 18.2 Å². The number of ketones is 1. The van der Waals surface area contributed by atoms with E-state index in [1.165, 1.54) is 18.4 Å². The van der Waals surface area contributed by atoms with Crippen molar-refractivity contribution in [2.45, 2.75) is 0 Å². The van der Waals surface area contributed by atoms with Gasteiger partial charge in [-0.05, 0) is 40.4 Å². The number of imidazole rings is 1. The standard InChI is InChI=1S/C14H11N3O3S.C4H4S/c1-20-14(19)17-13-15-9-5-4-8(7-10(9)16-13)12(18)11-3-2-6-21-11;1-2-4-5-3-1/h2-7H,1H3,(H2,15,16,17,19);1-4H. The fourth-order valence-corrected chi connectivity index (χ4v) is 3.27. The molecule has 26 heavy (non-hydrogen) atoms. The molecule has 1 amide bonds. The number of H-pyrrole nitrogens is 1. The van der Waals surface area contributed by atoms with E-state index >= 15 is 0 Å². The zero-order valence-electron chi connectivity index (χ0n) is 13.8. The molecule has 3 aromatic heterocycles. The number of hydrogen-bond donors (Lipinski definition) is 2. The summed E-state index contributed by atoms with van der Waals surface area (Å²) in [7, 11) is 1.27. The van der Waals surface area contributed by atoms with Crippen molar-refractivity contribution in [3.05, 3.63) is 69.0 Å². The largest absolute Gasteiger partial charge is 0.453 e. The number of ether oxygens (including phenoxy) is 1. The number of benzene rings is 1. The van der Waals surface area contributed by atoms with Crippen LogP contribution in [0, 0.1) is 0 Å². The van der Waals surface area contributed by atoms with Crippen molar-refractivity contribution < 1.29 is 14.3 Å². The third-order valence-corrected chi connectivity index (χ3v) is 4.82. The number of carbonyl (C=O) groups is 2. The molecule has 0 saturated heterocycles. The molecule has 132 valence electrons. The van der Waals surface area contributed by atoms with Gasteiger partial charge in [0.25, 0.3) is 0 Å². The summed E-state index contributed by atoms with van der Waals surface area (Å²) < 4.78 is 4.50. The van der Waals surface area contributed by atoms with Crippen LogP contribution in [0.25, 0.3) is 11.0 Å². The number of rotatable bonds is 3. The van der Waals surface area contributed by atoms with Crippen LogP contribution in [0.15, 0.2) is 58.6 Å². The molecule has 0 bridgehead atoms. The highest BCUT2D eigenvalue weighted by atomic mass is 32.1. The number of hydrogen-bond acceptors (Lipinski definition) is 6. The molecule has 8 heteroatoms. The van der Waals surface area contributed by atoms with Crippen molar-refractivity contribution in [3.63, 3.8) is 0 Å². The monoisotopic (exact) mass is 385 g/mol. The van der Waals surface area contributed by atoms with Gasteiger partial charge in [0.2, 0.25) is 11.7 Å². The lowest BCUT2D eigenvalue weighted by atomic mass is 10.1. The SMILES string of the molecule is COC(=O)Nc1nc2ccc(C(=O)c3cccs3)cc2[nH]1.c1ccsc1. The number of aromatic nitrogens is 2. The lowest BCUT2D eigenvalue weighted by Gasteiger charge is -1.98. The normalized spacial score (nSPS) is 10.0. The van der Waals surface area contributed by atoms with Crippen LogP contribution >= 0.6 is 22.7 Å². The van der Waals surface area contributed by atoms with Crippen molar-refractivity contribution in [3.8, 4) is 0 Å². The molecule has 0 aliphatic heterocycles. The number of amides is 1. The van der Waals surface area contributed by atoms with Crippen molar-refractivity contribution in [1.29, 1.82) is 0 Å². The van der Waals surface area contributed by atoms with Gasteiger partial charge in [0.05, 0.1) is 23.0 Å². The molecule has 0 aliphatic carbocycles. The number of carbonyl (C=O) groups excluding carboxylic acids is 2. The van der Waals surface area contributed by atoms with E-state index in [-0.39, 0.29) is 11.7 Å². The molecule has 4 aromatic rings. The van der Waals surface area contributed by atoms with Gasteiger partial charge in [-0.25, -0.2) is 9.78 Å². The number of aromatic amines is 1. The van der Waals surface area contributed by atoms with Gasteiger partial charge in [0, 0.05) is 5.56 Å². The van der Waals surface area contributed by atoms with Crippen LogP contribution in [-0.4, -0.2) is 29.0 Å². The van der Waals surface area contributed by atoms with Gasteiger partial charge in [-0.2, -0.15) is 11.3 Å². The molecule has 0 spiro atoms. The van der Waals surface area contributed by atoms with E-state index in [0.29, 0.717) is 21.5 Å². The Labute approximate surface area is 157 Å². The third kappa shape index (κ3) is 4.35. The number of fused-ring (bicyclic) bond motifs is 1. The summed E-state index contributed by atoms with van der Waals surface area (Å²) in [5, 5.41) is 8.39. The molecule has 0 atom stereocenters. The van der Waals surface area contributed by atoms with Crippen molar-refractivity contribution in [2.75, 3.05) is 12.4 Å². The number of anilines is 1. The molecule has 1 aromatic carbocycles. The minimum atomic E-state index is -0.607. The van der Waals surface area contributed by atoms with E-state index in [2.05, 4.69) is 20.0 Å². The molecule has 6 nitrogen and oxygen atoms in total. The summed E-state index contributed by atoms with van der Waals surface area (Å²) >= 11 is 3.11. The molecular formula is C18H15N3O3S2. The Hall–Kier alpha value is -2.97. The van der Waals surface area contributed by atoms with Crippen LogP contribution in [-0.2, 0) is 4.74 Å². The first-order chi connectivity index (χ1) is 12.7. The summed E-state index contributed by atoms with van der Waals surface area (Å²) in [6, 6.07) is 12.8. The molecule has 2 N–H and O–H groups in total. The summed E-state index contributed by atoms with van der Waals surface area (Å²) in [6.45, 7) is 0. The number of thiophene rings is 2. The smallest absolute Gasteiger partial charge is 0.413 e. The number of methoxy groups -OCH3 is 1. The molecule has 0 radical (unpaired) electrons. The van der Waals surface area contributed by atoms with Gasteiger partial charge < -0.3 is 9.72 Å². The molecule has 0 saturated carbocycles. The van der Waals surface area contributed by atoms with Crippen molar-refractivity contribution in [2.24, 2.45) is 0 Å². The van der Waals surface area contributed by atoms with E-state index < -0.39 is 6.09 Å². The number of nitrogens with one attached hydrogen (secondary N) is 2. The van der Waals surface area contributed by atoms with Crippen LogP contribution in [0.1, 0.15) is 15.2 Å². The Morgan fingerprint density at radius 1 is 1.12 bits per heavy atom. The first-order valence-electron chi connectivity index (χ1n) is 7.57. The van der Waals surface area contributed by atoms with Crippen molar-refractivity contribution >= 4 is 51.5 Å². The first-order valence-corrected chi connectivity index (χ1v) is 9.39. The maximum Gasteiger partial charge on any atom is 0.413 e. The van der Waals surface area contributed by atoms with Crippen LogP contribution in [0.5, 0.6) is 0 Å². The quantitative estimate of drug-likeness (QED) is 0.497. The highest BCUT2D eigenvalue weighted by Gasteiger charge is 2.12. The minimum Gasteiger partial charge on any atom is -0.453 e. The summed E-state index contributed by atoms with van der Waals surface area (Å²) in [5.74, 6) is 0.238. The van der Waals surface area contributed by atoms with E-state index in [9.17, 15) is 9.59 Å². The Kier molecular flexibility index (Phi) is 5.77. The Balaban J connectivity index is 0.000000339. The van der Waals surface area contributed by atoms with Crippen LogP contribution in [0.3, 0.4) is 0 Å². The zero-order valence-corrected chi connectivity index (χ0v) is 15.4. The second-order valence-electron chi connectivity index (χ2n) is 5.03. The molecule has 3 heterocycles. The topological polar surface area (TPSA) is 84.1 Å².